The second kappa shape index (κ2) is 4.65. The summed E-state index contributed by atoms with van der Waals surface area (Å²) in [5, 5.41) is 7.47. The first kappa shape index (κ1) is 10.5. The summed E-state index contributed by atoms with van der Waals surface area (Å²) in [6.45, 7) is 0.803. The molecule has 1 aromatic heterocycles. The van der Waals surface area contributed by atoms with Gasteiger partial charge in [-0.15, -0.1) is 0 Å². The molecule has 0 unspecified atom stereocenters. The minimum absolute atomic E-state index is 0.803. The second-order valence-electron chi connectivity index (χ2n) is 3.31. The molecule has 0 spiro atoms. The molecule has 1 aromatic carbocycles. The van der Waals surface area contributed by atoms with Crippen LogP contribution in [0.2, 0.25) is 0 Å². The van der Waals surface area contributed by atoms with Crippen molar-refractivity contribution in [3.05, 3.63) is 45.8 Å². The molecule has 2 rings (SSSR count). The van der Waals surface area contributed by atoms with Gasteiger partial charge in [-0.3, -0.25) is 4.68 Å². The molecule has 0 bridgehead atoms. The maximum Gasteiger partial charge on any atom is 0.0571 e. The number of anilines is 1. The number of nitrogens with one attached hydrogen (secondary N) is 1. The number of benzene rings is 1. The molecule has 0 aliphatic rings. The molecular weight excluding hydrogens is 301 g/mol. The summed E-state index contributed by atoms with van der Waals surface area (Å²) >= 11 is 2.30. The molecule has 4 heteroatoms. The number of rotatable bonds is 3. The van der Waals surface area contributed by atoms with E-state index < -0.39 is 0 Å². The first-order chi connectivity index (χ1) is 7.25. The van der Waals surface area contributed by atoms with Crippen molar-refractivity contribution < 1.29 is 0 Å². The van der Waals surface area contributed by atoms with Crippen molar-refractivity contribution in [3.63, 3.8) is 0 Å². The maximum atomic E-state index is 4.12. The van der Waals surface area contributed by atoms with Crippen molar-refractivity contribution in [3.8, 4) is 0 Å². The van der Waals surface area contributed by atoms with E-state index in [9.17, 15) is 0 Å². The normalized spacial score (nSPS) is 10.3. The third-order valence-corrected chi connectivity index (χ3v) is 2.96. The van der Waals surface area contributed by atoms with E-state index in [0.29, 0.717) is 0 Å². The fraction of sp³-hybridized carbons (Fsp3) is 0.182. The summed E-state index contributed by atoms with van der Waals surface area (Å²) in [4.78, 5) is 0. The lowest BCUT2D eigenvalue weighted by molar-refractivity contribution is 0.720. The van der Waals surface area contributed by atoms with E-state index in [4.69, 9.17) is 0 Å². The Labute approximate surface area is 103 Å². The molecule has 0 saturated heterocycles. The number of aryl methyl sites for hydroxylation is 1. The fourth-order valence-corrected chi connectivity index (χ4v) is 1.69. The maximum absolute atomic E-state index is 4.12. The molecule has 0 amide bonds. The molecule has 0 fully saturated rings. The number of aromatic nitrogens is 2. The predicted octanol–water partition coefficient (Wildman–Crippen LogP) is 2.64. The van der Waals surface area contributed by atoms with Gasteiger partial charge >= 0.3 is 0 Å². The van der Waals surface area contributed by atoms with Crippen LogP contribution in [-0.4, -0.2) is 9.78 Å². The average Bonchev–Trinajstić information content (AvgIpc) is 2.63. The zero-order valence-corrected chi connectivity index (χ0v) is 10.6. The van der Waals surface area contributed by atoms with Gasteiger partial charge in [0.2, 0.25) is 0 Å². The van der Waals surface area contributed by atoms with Crippen molar-refractivity contribution in [2.45, 2.75) is 6.54 Å². The van der Waals surface area contributed by atoms with Crippen LogP contribution < -0.4 is 5.32 Å². The zero-order chi connectivity index (χ0) is 10.7. The van der Waals surface area contributed by atoms with E-state index in [0.717, 1.165) is 12.2 Å². The van der Waals surface area contributed by atoms with Crippen LogP contribution in [0.5, 0.6) is 0 Å². The predicted molar refractivity (Wildman–Crippen MR) is 69.7 cm³/mol. The molecule has 15 heavy (non-hydrogen) atoms. The van der Waals surface area contributed by atoms with Crippen LogP contribution >= 0.6 is 22.6 Å². The van der Waals surface area contributed by atoms with Crippen molar-refractivity contribution in [1.29, 1.82) is 0 Å². The Hall–Kier alpha value is -1.04. The highest BCUT2D eigenvalue weighted by molar-refractivity contribution is 14.1. The molecule has 0 radical (unpaired) electrons. The molecule has 1 heterocycles. The van der Waals surface area contributed by atoms with Gasteiger partial charge in [0.1, 0.15) is 0 Å². The highest BCUT2D eigenvalue weighted by Gasteiger charge is 1.97. The van der Waals surface area contributed by atoms with Crippen LogP contribution in [0.4, 0.5) is 5.69 Å². The number of nitrogens with zero attached hydrogens (tertiary/aromatic N) is 2. The van der Waals surface area contributed by atoms with Crippen LogP contribution in [0.15, 0.2) is 36.5 Å². The van der Waals surface area contributed by atoms with Gasteiger partial charge in [-0.2, -0.15) is 5.10 Å². The van der Waals surface area contributed by atoms with Gasteiger partial charge in [0.25, 0.3) is 0 Å². The van der Waals surface area contributed by atoms with Crippen LogP contribution in [-0.2, 0) is 13.6 Å². The molecule has 2 aromatic rings. The van der Waals surface area contributed by atoms with Gasteiger partial charge in [-0.25, -0.2) is 0 Å². The number of hydrogen-bond donors (Lipinski definition) is 1. The minimum Gasteiger partial charge on any atom is -0.379 e. The van der Waals surface area contributed by atoms with Gasteiger partial charge in [0, 0.05) is 22.5 Å². The molecule has 3 nitrogen and oxygen atoms in total. The Bertz CT molecular complexity index is 433. The van der Waals surface area contributed by atoms with Gasteiger partial charge in [-0.05, 0) is 52.9 Å². The van der Waals surface area contributed by atoms with Crippen LogP contribution in [0.1, 0.15) is 5.69 Å². The van der Waals surface area contributed by atoms with Crippen molar-refractivity contribution >= 4 is 28.3 Å². The van der Waals surface area contributed by atoms with Crippen molar-refractivity contribution in [1.82, 2.24) is 9.78 Å². The summed E-state index contributed by atoms with van der Waals surface area (Å²) in [6, 6.07) is 10.4. The Morgan fingerprint density at radius 3 is 2.60 bits per heavy atom. The summed E-state index contributed by atoms with van der Waals surface area (Å²) in [6.07, 6.45) is 1.81. The lowest BCUT2D eigenvalue weighted by atomic mass is 10.3. The zero-order valence-electron chi connectivity index (χ0n) is 8.44. The van der Waals surface area contributed by atoms with E-state index in [1.165, 1.54) is 9.26 Å². The van der Waals surface area contributed by atoms with Crippen LogP contribution in [0, 0.1) is 3.57 Å². The second-order valence-corrected chi connectivity index (χ2v) is 4.55. The number of hydrogen-bond acceptors (Lipinski definition) is 2. The van der Waals surface area contributed by atoms with E-state index in [1.54, 1.807) is 0 Å². The van der Waals surface area contributed by atoms with Gasteiger partial charge in [-0.1, -0.05) is 0 Å². The van der Waals surface area contributed by atoms with Gasteiger partial charge in [0.05, 0.1) is 12.2 Å². The summed E-state index contributed by atoms with van der Waals surface area (Å²) in [5.74, 6) is 0. The molecule has 0 aliphatic heterocycles. The summed E-state index contributed by atoms with van der Waals surface area (Å²) < 4.78 is 3.12. The van der Waals surface area contributed by atoms with Crippen LogP contribution in [0.3, 0.4) is 0 Å². The topological polar surface area (TPSA) is 29.9 Å². The Morgan fingerprint density at radius 2 is 2.00 bits per heavy atom. The molecular formula is C11H12IN3. The van der Waals surface area contributed by atoms with Gasteiger partial charge < -0.3 is 5.32 Å². The first-order valence-electron chi connectivity index (χ1n) is 4.72. The lowest BCUT2D eigenvalue weighted by Crippen LogP contribution is -2.05. The van der Waals surface area contributed by atoms with E-state index in [-0.39, 0.29) is 0 Å². The molecule has 1 N–H and O–H groups in total. The average molecular weight is 313 g/mol. The smallest absolute Gasteiger partial charge is 0.0571 e. The standard InChI is InChI=1S/C11H12IN3/c1-15-11(6-7-14-15)8-13-10-4-2-9(12)3-5-10/h2-7,13H,8H2,1H3. The SMILES string of the molecule is Cn1nccc1CNc1ccc(I)cc1. The Kier molecular flexibility index (Phi) is 3.25. The third-order valence-electron chi connectivity index (χ3n) is 2.24. The van der Waals surface area contributed by atoms with Crippen LogP contribution in [0.25, 0.3) is 0 Å². The van der Waals surface area contributed by atoms with E-state index in [2.05, 4.69) is 57.3 Å². The largest absolute Gasteiger partial charge is 0.379 e. The Balaban J connectivity index is 1.99. The lowest BCUT2D eigenvalue weighted by Gasteiger charge is -2.06. The van der Waals surface area contributed by atoms with E-state index >= 15 is 0 Å². The quantitative estimate of drug-likeness (QED) is 0.883. The summed E-state index contributed by atoms with van der Waals surface area (Å²) in [7, 11) is 1.95. The fourth-order valence-electron chi connectivity index (χ4n) is 1.34. The third kappa shape index (κ3) is 2.71. The first-order valence-corrected chi connectivity index (χ1v) is 5.80. The minimum atomic E-state index is 0.803. The molecule has 0 atom stereocenters. The van der Waals surface area contributed by atoms with Gasteiger partial charge in [0.15, 0.2) is 0 Å². The molecule has 0 saturated carbocycles. The molecule has 0 aliphatic carbocycles. The van der Waals surface area contributed by atoms with Crippen molar-refractivity contribution in [2.24, 2.45) is 7.05 Å². The molecule has 78 valence electrons. The number of halogens is 1. The van der Waals surface area contributed by atoms with E-state index in [1.807, 2.05) is 24.0 Å². The Morgan fingerprint density at radius 1 is 1.27 bits per heavy atom. The monoisotopic (exact) mass is 313 g/mol. The summed E-state index contributed by atoms with van der Waals surface area (Å²) in [5.41, 5.74) is 2.31. The van der Waals surface area contributed by atoms with Crippen molar-refractivity contribution in [2.75, 3.05) is 5.32 Å². The highest BCUT2D eigenvalue weighted by Crippen LogP contribution is 2.12. The highest BCUT2D eigenvalue weighted by atomic mass is 127.